The van der Waals surface area contributed by atoms with Crippen LogP contribution in [0.4, 0.5) is 5.69 Å². The first-order valence-electron chi connectivity index (χ1n) is 6.13. The Balaban J connectivity index is 1.97. The van der Waals surface area contributed by atoms with Gasteiger partial charge in [-0.25, -0.2) is 0 Å². The van der Waals surface area contributed by atoms with E-state index in [2.05, 4.69) is 16.4 Å². The van der Waals surface area contributed by atoms with E-state index >= 15 is 0 Å². The Morgan fingerprint density at radius 2 is 2.11 bits per heavy atom. The summed E-state index contributed by atoms with van der Waals surface area (Å²) in [6, 6.07) is 12.0. The first-order valence-corrected chi connectivity index (χ1v) is 6.13. The summed E-state index contributed by atoms with van der Waals surface area (Å²) in [6.45, 7) is 4.81. The molecular formula is C15H18N2O. The van der Waals surface area contributed by atoms with Crippen molar-refractivity contribution in [2.45, 2.75) is 26.5 Å². The molecule has 1 aromatic carbocycles. The van der Waals surface area contributed by atoms with E-state index in [1.807, 2.05) is 50.4 Å². The topological polar surface area (TPSA) is 34.1 Å². The Morgan fingerprint density at radius 1 is 1.22 bits per heavy atom. The van der Waals surface area contributed by atoms with Gasteiger partial charge in [0.25, 0.3) is 0 Å². The van der Waals surface area contributed by atoms with Crippen molar-refractivity contribution in [2.24, 2.45) is 0 Å². The molecule has 0 aliphatic rings. The van der Waals surface area contributed by atoms with Gasteiger partial charge in [0.15, 0.2) is 0 Å². The second kappa shape index (κ2) is 6.05. The van der Waals surface area contributed by atoms with Crippen LogP contribution in [0.2, 0.25) is 0 Å². The van der Waals surface area contributed by atoms with E-state index in [4.69, 9.17) is 4.74 Å². The van der Waals surface area contributed by atoms with Gasteiger partial charge in [0, 0.05) is 30.7 Å². The molecule has 0 saturated carbocycles. The van der Waals surface area contributed by atoms with Crippen LogP contribution in [0.5, 0.6) is 5.75 Å². The highest BCUT2D eigenvalue weighted by molar-refractivity contribution is 5.48. The van der Waals surface area contributed by atoms with Gasteiger partial charge in [0.1, 0.15) is 5.75 Å². The molecule has 0 aliphatic carbocycles. The molecule has 1 aromatic heterocycles. The molecule has 94 valence electrons. The third-order valence-electron chi connectivity index (χ3n) is 2.43. The maximum Gasteiger partial charge on any atom is 0.121 e. The van der Waals surface area contributed by atoms with Crippen LogP contribution < -0.4 is 10.1 Å². The third-order valence-corrected chi connectivity index (χ3v) is 2.43. The average molecular weight is 242 g/mol. The van der Waals surface area contributed by atoms with Gasteiger partial charge in [-0.3, -0.25) is 4.98 Å². The summed E-state index contributed by atoms with van der Waals surface area (Å²) in [5.41, 5.74) is 2.21. The van der Waals surface area contributed by atoms with E-state index in [1.54, 1.807) is 6.20 Å². The number of anilines is 1. The van der Waals surface area contributed by atoms with Crippen molar-refractivity contribution in [3.8, 4) is 5.75 Å². The Bertz CT molecular complexity index is 483. The van der Waals surface area contributed by atoms with Gasteiger partial charge in [-0.2, -0.15) is 0 Å². The number of rotatable bonds is 5. The molecule has 0 fully saturated rings. The maximum absolute atomic E-state index is 5.65. The molecule has 2 aromatic rings. The minimum atomic E-state index is 0.193. The van der Waals surface area contributed by atoms with Crippen LogP contribution in [0.3, 0.4) is 0 Å². The number of ether oxygens (including phenoxy) is 1. The molecule has 0 amide bonds. The fourth-order valence-electron chi connectivity index (χ4n) is 1.66. The molecule has 0 aliphatic heterocycles. The highest BCUT2D eigenvalue weighted by Gasteiger charge is 1.99. The SMILES string of the molecule is CC(C)Oc1cccc(NCc2cccnc2)c1. The van der Waals surface area contributed by atoms with Gasteiger partial charge in [-0.15, -0.1) is 0 Å². The predicted molar refractivity (Wildman–Crippen MR) is 73.8 cm³/mol. The minimum Gasteiger partial charge on any atom is -0.491 e. The van der Waals surface area contributed by atoms with E-state index in [-0.39, 0.29) is 6.10 Å². The van der Waals surface area contributed by atoms with Crippen molar-refractivity contribution in [3.05, 3.63) is 54.4 Å². The molecule has 2 rings (SSSR count). The summed E-state index contributed by atoms with van der Waals surface area (Å²) >= 11 is 0. The van der Waals surface area contributed by atoms with Crippen LogP contribution in [-0.4, -0.2) is 11.1 Å². The quantitative estimate of drug-likeness (QED) is 0.871. The number of aromatic nitrogens is 1. The van der Waals surface area contributed by atoms with E-state index in [0.717, 1.165) is 23.5 Å². The van der Waals surface area contributed by atoms with Crippen molar-refractivity contribution >= 4 is 5.69 Å². The largest absolute Gasteiger partial charge is 0.491 e. The van der Waals surface area contributed by atoms with Crippen molar-refractivity contribution in [1.29, 1.82) is 0 Å². The first kappa shape index (κ1) is 12.4. The normalized spacial score (nSPS) is 10.4. The third kappa shape index (κ3) is 3.77. The molecule has 3 nitrogen and oxygen atoms in total. The van der Waals surface area contributed by atoms with E-state index in [1.165, 1.54) is 0 Å². The van der Waals surface area contributed by atoms with Gasteiger partial charge in [-0.1, -0.05) is 12.1 Å². The van der Waals surface area contributed by atoms with E-state index < -0.39 is 0 Å². The van der Waals surface area contributed by atoms with Crippen molar-refractivity contribution in [3.63, 3.8) is 0 Å². The van der Waals surface area contributed by atoms with Gasteiger partial charge < -0.3 is 10.1 Å². The Morgan fingerprint density at radius 3 is 2.83 bits per heavy atom. The Hall–Kier alpha value is -2.03. The van der Waals surface area contributed by atoms with Crippen LogP contribution in [0.1, 0.15) is 19.4 Å². The lowest BCUT2D eigenvalue weighted by Gasteiger charge is -2.12. The highest BCUT2D eigenvalue weighted by atomic mass is 16.5. The van der Waals surface area contributed by atoms with Crippen LogP contribution >= 0.6 is 0 Å². The maximum atomic E-state index is 5.65. The van der Waals surface area contributed by atoms with Crippen LogP contribution in [0.15, 0.2) is 48.8 Å². The molecule has 3 heteroatoms. The average Bonchev–Trinajstić information content (AvgIpc) is 2.37. The summed E-state index contributed by atoms with van der Waals surface area (Å²) in [4.78, 5) is 4.09. The molecule has 1 heterocycles. The van der Waals surface area contributed by atoms with Gasteiger partial charge in [0.2, 0.25) is 0 Å². The van der Waals surface area contributed by atoms with E-state index in [9.17, 15) is 0 Å². The van der Waals surface area contributed by atoms with Gasteiger partial charge >= 0.3 is 0 Å². The van der Waals surface area contributed by atoms with Gasteiger partial charge in [-0.05, 0) is 37.6 Å². The zero-order valence-corrected chi connectivity index (χ0v) is 10.8. The van der Waals surface area contributed by atoms with Crippen LogP contribution in [0, 0.1) is 0 Å². The van der Waals surface area contributed by atoms with Crippen molar-refractivity contribution < 1.29 is 4.74 Å². The zero-order valence-electron chi connectivity index (χ0n) is 10.8. The van der Waals surface area contributed by atoms with Crippen LogP contribution in [-0.2, 0) is 6.54 Å². The second-order valence-electron chi connectivity index (χ2n) is 4.41. The molecule has 0 saturated heterocycles. The lowest BCUT2D eigenvalue weighted by Crippen LogP contribution is -2.06. The number of hydrogen-bond acceptors (Lipinski definition) is 3. The fraction of sp³-hybridized carbons (Fsp3) is 0.267. The summed E-state index contributed by atoms with van der Waals surface area (Å²) in [7, 11) is 0. The number of nitrogens with zero attached hydrogens (tertiary/aromatic N) is 1. The monoisotopic (exact) mass is 242 g/mol. The summed E-state index contributed by atoms with van der Waals surface area (Å²) < 4.78 is 5.65. The lowest BCUT2D eigenvalue weighted by atomic mass is 10.2. The predicted octanol–water partition coefficient (Wildman–Crippen LogP) is 3.48. The van der Waals surface area contributed by atoms with Gasteiger partial charge in [0.05, 0.1) is 6.10 Å². The molecule has 0 atom stereocenters. The van der Waals surface area contributed by atoms with Crippen molar-refractivity contribution in [1.82, 2.24) is 4.98 Å². The Kier molecular flexibility index (Phi) is 4.18. The molecular weight excluding hydrogens is 224 g/mol. The number of nitrogens with one attached hydrogen (secondary N) is 1. The summed E-state index contributed by atoms with van der Waals surface area (Å²) in [5, 5.41) is 3.35. The first-order chi connectivity index (χ1) is 8.74. The summed E-state index contributed by atoms with van der Waals surface area (Å²) in [5.74, 6) is 0.890. The van der Waals surface area contributed by atoms with Crippen LogP contribution in [0.25, 0.3) is 0 Å². The molecule has 0 bridgehead atoms. The smallest absolute Gasteiger partial charge is 0.121 e. The summed E-state index contributed by atoms with van der Waals surface area (Å²) in [6.07, 6.45) is 3.83. The molecule has 18 heavy (non-hydrogen) atoms. The molecule has 0 radical (unpaired) electrons. The second-order valence-corrected chi connectivity index (χ2v) is 4.41. The minimum absolute atomic E-state index is 0.193. The van der Waals surface area contributed by atoms with E-state index in [0.29, 0.717) is 0 Å². The molecule has 0 unspecified atom stereocenters. The zero-order chi connectivity index (χ0) is 12.8. The number of pyridine rings is 1. The highest BCUT2D eigenvalue weighted by Crippen LogP contribution is 2.19. The standard InChI is InChI=1S/C15H18N2O/c1-12(2)18-15-7-3-6-14(9-15)17-11-13-5-4-8-16-10-13/h3-10,12,17H,11H2,1-2H3. The molecule has 1 N–H and O–H groups in total. The number of benzene rings is 1. The lowest BCUT2D eigenvalue weighted by molar-refractivity contribution is 0.242. The Labute approximate surface area is 108 Å². The number of hydrogen-bond donors (Lipinski definition) is 1. The fourth-order valence-corrected chi connectivity index (χ4v) is 1.66. The van der Waals surface area contributed by atoms with Crippen molar-refractivity contribution in [2.75, 3.05) is 5.32 Å². The molecule has 0 spiro atoms.